The number of nitrogens with zero attached hydrogens (tertiary/aromatic N) is 2. The summed E-state index contributed by atoms with van der Waals surface area (Å²) in [6.45, 7) is 5.52. The van der Waals surface area contributed by atoms with Crippen LogP contribution >= 0.6 is 0 Å². The van der Waals surface area contributed by atoms with Crippen molar-refractivity contribution in [1.82, 2.24) is 9.80 Å². The third kappa shape index (κ3) is 46.1. The first kappa shape index (κ1) is 55.4. The fourth-order valence-corrected chi connectivity index (χ4v) is 6.88. The Balaban J connectivity index is -0.000000886. The van der Waals surface area contributed by atoms with Crippen molar-refractivity contribution in [2.45, 2.75) is 194 Å². The normalized spacial score (nSPS) is 11.4. The first-order valence-electron chi connectivity index (χ1n) is 20.1. The first-order valence-corrected chi connectivity index (χ1v) is 23.2. The average Bonchev–Trinajstić information content (AvgIpc) is 3.05. The molecule has 2 amide bonds. The predicted molar refractivity (Wildman–Crippen MR) is 211 cm³/mol. The van der Waals surface area contributed by atoms with Crippen molar-refractivity contribution < 1.29 is 35.5 Å². The zero-order valence-electron chi connectivity index (χ0n) is 33.3. The van der Waals surface area contributed by atoms with E-state index >= 15 is 0 Å². The molecule has 0 N–H and O–H groups in total. The van der Waals surface area contributed by atoms with E-state index in [4.69, 9.17) is 0 Å². The second kappa shape index (κ2) is 38.3. The van der Waals surface area contributed by atoms with Crippen LogP contribution in [0.25, 0.3) is 0 Å². The van der Waals surface area contributed by atoms with Gasteiger partial charge in [-0.15, -0.1) is 0 Å². The maximum Gasteiger partial charge on any atom is 2.00 e. The summed E-state index contributed by atoms with van der Waals surface area (Å²) in [5.74, 6) is -0.455. The van der Waals surface area contributed by atoms with Crippen LogP contribution in [0.4, 0.5) is 0 Å². The number of carbonyl (C=O) groups excluding carboxylic acids is 2. The van der Waals surface area contributed by atoms with Gasteiger partial charge in [-0.05, 0) is 38.5 Å². The number of amides is 2. The van der Waals surface area contributed by atoms with Gasteiger partial charge in [0.25, 0.3) is 0 Å². The smallest absolute Gasteiger partial charge is 0.748 e. The number of carbonyl (C=O) groups is 2. The summed E-state index contributed by atoms with van der Waals surface area (Å²) in [5.41, 5.74) is 0. The zero-order chi connectivity index (χ0) is 37.9. The summed E-state index contributed by atoms with van der Waals surface area (Å²) in [6.07, 6.45) is 30.7. The molecule has 0 aromatic carbocycles. The molecular weight excluding hydrogens is 717 g/mol. The Kier molecular flexibility index (Phi) is 41.6. The summed E-state index contributed by atoms with van der Waals surface area (Å²) in [5, 5.41) is 0. The van der Waals surface area contributed by atoms with Gasteiger partial charge >= 0.3 is 37.7 Å². The molecule has 0 fully saturated rings. The monoisotopic (exact) mass is 792 g/mol. The van der Waals surface area contributed by atoms with E-state index in [1.807, 2.05) is 0 Å². The minimum Gasteiger partial charge on any atom is -0.748 e. The molecule has 300 valence electrons. The van der Waals surface area contributed by atoms with E-state index < -0.39 is 20.2 Å². The van der Waals surface area contributed by atoms with Crippen LogP contribution in [0.2, 0.25) is 0 Å². The van der Waals surface area contributed by atoms with Gasteiger partial charge in [0.15, 0.2) is 0 Å². The maximum absolute atomic E-state index is 11.9. The number of rotatable bonds is 34. The quantitative estimate of drug-likeness (QED) is 0.0357. The van der Waals surface area contributed by atoms with Gasteiger partial charge < -0.3 is 18.9 Å². The Morgan fingerprint density at radius 3 is 0.882 bits per heavy atom. The van der Waals surface area contributed by atoms with Crippen LogP contribution in [0, 0.1) is 0 Å². The molecule has 0 heterocycles. The summed E-state index contributed by atoms with van der Waals surface area (Å²) in [7, 11) is -4.77. The molecule has 0 aliphatic rings. The van der Waals surface area contributed by atoms with Gasteiger partial charge in [0.05, 0.1) is 20.2 Å². The number of unbranched alkanes of at least 4 members (excludes halogenated alkanes) is 22. The van der Waals surface area contributed by atoms with Crippen LogP contribution in [-0.2, 0) is 29.8 Å². The van der Waals surface area contributed by atoms with E-state index in [9.17, 15) is 35.5 Å². The summed E-state index contributed by atoms with van der Waals surface area (Å²) in [6, 6.07) is 0. The minimum atomic E-state index is -4.13. The molecule has 0 unspecified atom stereocenters. The molecule has 51 heavy (non-hydrogen) atoms. The van der Waals surface area contributed by atoms with Gasteiger partial charge in [-0.25, -0.2) is 16.8 Å². The van der Waals surface area contributed by atoms with E-state index in [1.165, 1.54) is 116 Å². The number of hydrogen-bond acceptors (Lipinski definition) is 8. The number of hydrogen-bond donors (Lipinski definition) is 0. The van der Waals surface area contributed by atoms with Gasteiger partial charge in [0.1, 0.15) is 0 Å². The molecule has 0 spiro atoms. The standard InChI is InChI=1S/2C19H39NO4S.Ca/c2*1-3-4-5-6-7-8-9-10-11-12-13-16-19(21)20(2)17-14-15-18-25(22,23)24;/h2*3-18H2,1-2H3,(H,22,23,24);/q;;+2/p-2. The van der Waals surface area contributed by atoms with Gasteiger partial charge in [0.2, 0.25) is 11.8 Å². The molecule has 0 saturated carbocycles. The molecule has 0 rings (SSSR count). The third-order valence-electron chi connectivity index (χ3n) is 9.12. The van der Waals surface area contributed by atoms with E-state index in [-0.39, 0.29) is 61.1 Å². The van der Waals surface area contributed by atoms with Crippen molar-refractivity contribution in [2.24, 2.45) is 0 Å². The second-order valence-corrected chi connectivity index (χ2v) is 17.2. The molecule has 0 aliphatic carbocycles. The summed E-state index contributed by atoms with van der Waals surface area (Å²) in [4.78, 5) is 27.2. The van der Waals surface area contributed by atoms with Crippen LogP contribution in [0.1, 0.15) is 194 Å². The van der Waals surface area contributed by atoms with E-state index in [2.05, 4.69) is 13.8 Å². The first-order chi connectivity index (χ1) is 23.7. The van der Waals surface area contributed by atoms with E-state index in [1.54, 1.807) is 23.9 Å². The Hall–Kier alpha value is 0.0197. The van der Waals surface area contributed by atoms with Gasteiger partial charge in [-0.3, -0.25) is 9.59 Å². The van der Waals surface area contributed by atoms with Crippen LogP contribution in [-0.4, -0.2) is 124 Å². The van der Waals surface area contributed by atoms with Crippen LogP contribution in [0.5, 0.6) is 0 Å². The predicted octanol–water partition coefficient (Wildman–Crippen LogP) is 8.56. The molecule has 0 saturated heterocycles. The van der Waals surface area contributed by atoms with Gasteiger partial charge in [-0.2, -0.15) is 0 Å². The molecule has 0 atom stereocenters. The second-order valence-electron chi connectivity index (χ2n) is 14.1. The minimum absolute atomic E-state index is 0. The molecule has 0 bridgehead atoms. The van der Waals surface area contributed by atoms with Crippen molar-refractivity contribution >= 4 is 69.8 Å². The average molecular weight is 793 g/mol. The summed E-state index contributed by atoms with van der Waals surface area (Å²) >= 11 is 0. The fraction of sp³-hybridized carbons (Fsp3) is 0.947. The Morgan fingerprint density at radius 2 is 0.647 bits per heavy atom. The van der Waals surface area contributed by atoms with Crippen molar-refractivity contribution in [3.8, 4) is 0 Å². The van der Waals surface area contributed by atoms with E-state index in [0.717, 1.165) is 25.7 Å². The Labute approximate surface area is 344 Å². The SMILES string of the molecule is CCCCCCCCCCCCCC(=O)N(C)CCCCS(=O)(=O)[O-].CCCCCCCCCCCCCC(=O)N(C)CCCCS(=O)(=O)[O-].[Ca+2]. The molecule has 0 aliphatic heterocycles. The molecule has 10 nitrogen and oxygen atoms in total. The van der Waals surface area contributed by atoms with Crippen molar-refractivity contribution in [3.05, 3.63) is 0 Å². The molecule has 0 radical (unpaired) electrons. The van der Waals surface area contributed by atoms with Crippen molar-refractivity contribution in [2.75, 3.05) is 38.7 Å². The summed E-state index contributed by atoms with van der Waals surface area (Å²) < 4.78 is 63.0. The molecule has 0 aromatic heterocycles. The van der Waals surface area contributed by atoms with Crippen LogP contribution < -0.4 is 0 Å². The molecule has 0 aromatic rings. The van der Waals surface area contributed by atoms with Crippen molar-refractivity contribution in [3.63, 3.8) is 0 Å². The largest absolute Gasteiger partial charge is 2.00 e. The molecule has 13 heteroatoms. The maximum atomic E-state index is 11.9. The van der Waals surface area contributed by atoms with Gasteiger partial charge in [0, 0.05) is 51.5 Å². The fourth-order valence-electron chi connectivity index (χ4n) is 5.77. The third-order valence-corrected chi connectivity index (χ3v) is 10.7. The van der Waals surface area contributed by atoms with Crippen molar-refractivity contribution in [1.29, 1.82) is 0 Å². The zero-order valence-corrected chi connectivity index (χ0v) is 37.2. The Morgan fingerprint density at radius 1 is 0.412 bits per heavy atom. The van der Waals surface area contributed by atoms with Crippen LogP contribution in [0.15, 0.2) is 0 Å². The van der Waals surface area contributed by atoms with Crippen LogP contribution in [0.3, 0.4) is 0 Å². The Bertz CT molecular complexity index is 933. The van der Waals surface area contributed by atoms with Gasteiger partial charge in [-0.1, -0.05) is 142 Å². The van der Waals surface area contributed by atoms with E-state index in [0.29, 0.717) is 51.6 Å². The molecular formula is C38H76CaN2O8S2. The topological polar surface area (TPSA) is 155 Å².